The fourth-order valence-electron chi connectivity index (χ4n) is 5.26. The van der Waals surface area contributed by atoms with E-state index in [1.165, 1.54) is 0 Å². The summed E-state index contributed by atoms with van der Waals surface area (Å²) in [6, 6.07) is 36.2. The molecule has 1 aromatic heterocycles. The van der Waals surface area contributed by atoms with Gasteiger partial charge in [0.1, 0.15) is 11.3 Å². The highest BCUT2D eigenvalue weighted by atomic mass is 16.4. The molecule has 41 heavy (non-hydrogen) atoms. The molecule has 0 saturated heterocycles. The Labute approximate surface area is 240 Å². The molecule has 198 valence electrons. The lowest BCUT2D eigenvalue weighted by Gasteiger charge is -2.20. The summed E-state index contributed by atoms with van der Waals surface area (Å²) in [7, 11) is 0. The van der Waals surface area contributed by atoms with E-state index in [9.17, 15) is 9.59 Å². The minimum Gasteiger partial charge on any atom is -0.550 e. The maximum atomic E-state index is 13.2. The summed E-state index contributed by atoms with van der Waals surface area (Å²) in [5, 5.41) is 0.998. The molecule has 4 aromatic carbocycles. The number of para-hydroxylation sites is 1. The van der Waals surface area contributed by atoms with Crippen LogP contribution >= 0.6 is 0 Å². The number of aromatic nitrogens is 1. The third-order valence-corrected chi connectivity index (χ3v) is 7.43. The third-order valence-electron chi connectivity index (χ3n) is 7.43. The minimum absolute atomic E-state index is 0.0199. The van der Waals surface area contributed by atoms with Crippen molar-refractivity contribution in [3.63, 3.8) is 0 Å². The molecule has 0 aliphatic heterocycles. The Morgan fingerprint density at radius 3 is 2.02 bits per heavy atom. The van der Waals surface area contributed by atoms with Gasteiger partial charge < -0.3 is 4.65 Å². The van der Waals surface area contributed by atoms with Gasteiger partial charge in [-0.15, -0.1) is 0 Å². The number of hydrogen-bond donors (Lipinski definition) is 0. The van der Waals surface area contributed by atoms with Gasteiger partial charge in [0.15, 0.2) is 11.6 Å². The number of ketones is 2. The Kier molecular flexibility index (Phi) is 7.68. The second kappa shape index (κ2) is 12.0. The molecule has 0 saturated carbocycles. The summed E-state index contributed by atoms with van der Waals surface area (Å²) in [4.78, 5) is 30.8. The minimum atomic E-state index is -0.411. The molecular formula is C36H28BNO3. The number of carbonyl (C=O) groups excluding carboxylic acids is 2. The van der Waals surface area contributed by atoms with Crippen molar-refractivity contribution in [3.05, 3.63) is 161 Å². The number of benzene rings is 4. The first-order chi connectivity index (χ1) is 20.2. The van der Waals surface area contributed by atoms with E-state index in [0.29, 0.717) is 28.9 Å². The summed E-state index contributed by atoms with van der Waals surface area (Å²) in [5.41, 5.74) is 5.55. The number of pyridine rings is 1. The molecule has 0 bridgehead atoms. The van der Waals surface area contributed by atoms with Gasteiger partial charge >= 0.3 is 6.92 Å². The van der Waals surface area contributed by atoms with Gasteiger partial charge in [-0.2, -0.15) is 0 Å². The molecule has 0 radical (unpaired) electrons. The van der Waals surface area contributed by atoms with E-state index >= 15 is 0 Å². The lowest BCUT2D eigenvalue weighted by Crippen LogP contribution is -2.39. The average molecular weight is 533 g/mol. The number of fused-ring (bicyclic) bond motifs is 1. The van der Waals surface area contributed by atoms with E-state index in [0.717, 1.165) is 40.3 Å². The third kappa shape index (κ3) is 5.80. The van der Waals surface area contributed by atoms with Crippen molar-refractivity contribution in [3.8, 4) is 5.75 Å². The van der Waals surface area contributed by atoms with Crippen LogP contribution in [-0.2, 0) is 0 Å². The predicted octanol–water partition coefficient (Wildman–Crippen LogP) is 7.20. The average Bonchev–Trinajstić information content (AvgIpc) is 3.30. The van der Waals surface area contributed by atoms with Gasteiger partial charge in [0.25, 0.3) is 0 Å². The Morgan fingerprint density at radius 1 is 0.634 bits per heavy atom. The quantitative estimate of drug-likeness (QED) is 0.156. The largest absolute Gasteiger partial charge is 0.550 e. The molecule has 0 atom stereocenters. The lowest BCUT2D eigenvalue weighted by molar-refractivity contribution is 0.102. The monoisotopic (exact) mass is 533 g/mol. The van der Waals surface area contributed by atoms with E-state index in [1.807, 2.05) is 127 Å². The standard InChI is InChI=1S/C36H28BNO3/c39-35(27-10-3-1-4-11-27)29-15-7-17-31(22-19-29)37(41-33-18-8-14-26-16-9-25-38-34(26)33)32-23-20-30(21-24-32)36(40)28-12-5-2-6-13-28/h1-6,8-14,16,18-25H,7,15,17H2. The lowest BCUT2D eigenvalue weighted by atomic mass is 9.53. The number of rotatable bonds is 8. The van der Waals surface area contributed by atoms with E-state index in [4.69, 9.17) is 4.65 Å². The molecule has 5 heteroatoms. The van der Waals surface area contributed by atoms with Crippen LogP contribution in [0.25, 0.3) is 10.9 Å². The number of hydrogen-bond acceptors (Lipinski definition) is 4. The molecule has 0 unspecified atom stereocenters. The van der Waals surface area contributed by atoms with Crippen molar-refractivity contribution >= 4 is 34.8 Å². The van der Waals surface area contributed by atoms with Gasteiger partial charge in [-0.3, -0.25) is 14.6 Å². The number of allylic oxidation sites excluding steroid dienone is 4. The molecule has 5 aromatic rings. The smallest absolute Gasteiger partial charge is 0.422 e. The zero-order valence-corrected chi connectivity index (χ0v) is 22.6. The van der Waals surface area contributed by atoms with Gasteiger partial charge in [0.05, 0.1) is 0 Å². The molecule has 6 rings (SSSR count). The van der Waals surface area contributed by atoms with E-state index in [1.54, 1.807) is 6.20 Å². The highest BCUT2D eigenvalue weighted by molar-refractivity contribution is 6.75. The summed E-state index contributed by atoms with van der Waals surface area (Å²) in [5.74, 6) is 0.725. The van der Waals surface area contributed by atoms with Gasteiger partial charge in [-0.05, 0) is 36.9 Å². The molecular weight excluding hydrogens is 505 g/mol. The van der Waals surface area contributed by atoms with Gasteiger partial charge in [0, 0.05) is 33.8 Å². The van der Waals surface area contributed by atoms with Gasteiger partial charge in [-0.25, -0.2) is 0 Å². The van der Waals surface area contributed by atoms with Crippen LogP contribution in [0.1, 0.15) is 45.5 Å². The van der Waals surface area contributed by atoms with Gasteiger partial charge in [-0.1, -0.05) is 121 Å². The topological polar surface area (TPSA) is 56.3 Å². The second-order valence-electron chi connectivity index (χ2n) is 10.1. The van der Waals surface area contributed by atoms with Crippen LogP contribution in [0.2, 0.25) is 0 Å². The maximum absolute atomic E-state index is 13.2. The normalized spacial score (nSPS) is 13.1. The van der Waals surface area contributed by atoms with Crippen LogP contribution in [0.4, 0.5) is 0 Å². The number of Topliss-reactive ketones (excluding diaryl/α,β-unsaturated/α-hetero) is 1. The van der Waals surface area contributed by atoms with Crippen LogP contribution in [0, 0.1) is 0 Å². The molecule has 4 nitrogen and oxygen atoms in total. The Balaban J connectivity index is 1.36. The molecule has 0 spiro atoms. The van der Waals surface area contributed by atoms with E-state index < -0.39 is 6.92 Å². The Morgan fingerprint density at radius 2 is 1.29 bits per heavy atom. The highest BCUT2D eigenvalue weighted by Crippen LogP contribution is 2.28. The summed E-state index contributed by atoms with van der Waals surface area (Å²) < 4.78 is 6.74. The summed E-state index contributed by atoms with van der Waals surface area (Å²) >= 11 is 0. The highest BCUT2D eigenvalue weighted by Gasteiger charge is 2.28. The molecule has 0 fully saturated rings. The van der Waals surface area contributed by atoms with Crippen molar-refractivity contribution in [2.45, 2.75) is 19.3 Å². The van der Waals surface area contributed by atoms with Gasteiger partial charge in [0.2, 0.25) is 0 Å². The number of carbonyl (C=O) groups is 2. The van der Waals surface area contributed by atoms with Crippen molar-refractivity contribution in [2.75, 3.05) is 0 Å². The Bertz CT molecular complexity index is 1750. The molecule has 0 N–H and O–H groups in total. The first-order valence-electron chi connectivity index (χ1n) is 13.9. The fraction of sp³-hybridized carbons (Fsp3) is 0.0833. The fourth-order valence-corrected chi connectivity index (χ4v) is 5.26. The molecule has 1 aliphatic rings. The van der Waals surface area contributed by atoms with E-state index in [2.05, 4.69) is 4.98 Å². The predicted molar refractivity (Wildman–Crippen MR) is 165 cm³/mol. The van der Waals surface area contributed by atoms with Crippen LogP contribution in [0.3, 0.4) is 0 Å². The summed E-state index contributed by atoms with van der Waals surface area (Å²) in [6.45, 7) is -0.411. The van der Waals surface area contributed by atoms with E-state index in [-0.39, 0.29) is 11.6 Å². The van der Waals surface area contributed by atoms with Crippen LogP contribution in [0.5, 0.6) is 5.75 Å². The van der Waals surface area contributed by atoms with Crippen molar-refractivity contribution in [1.29, 1.82) is 0 Å². The zero-order valence-electron chi connectivity index (χ0n) is 22.6. The number of nitrogens with zero attached hydrogens (tertiary/aromatic N) is 1. The second-order valence-corrected chi connectivity index (χ2v) is 10.1. The first-order valence-corrected chi connectivity index (χ1v) is 13.9. The maximum Gasteiger partial charge on any atom is 0.422 e. The first kappa shape index (κ1) is 26.2. The molecule has 1 heterocycles. The summed E-state index contributed by atoms with van der Waals surface area (Å²) in [6.07, 6.45) is 8.05. The van der Waals surface area contributed by atoms with Crippen molar-refractivity contribution in [1.82, 2.24) is 4.98 Å². The van der Waals surface area contributed by atoms with Crippen LogP contribution < -0.4 is 10.1 Å². The van der Waals surface area contributed by atoms with Crippen LogP contribution in [-0.4, -0.2) is 23.5 Å². The van der Waals surface area contributed by atoms with Crippen molar-refractivity contribution in [2.24, 2.45) is 0 Å². The zero-order chi connectivity index (χ0) is 28.0. The molecule has 0 amide bonds. The Hall–Kier alpha value is -5.03. The van der Waals surface area contributed by atoms with Crippen LogP contribution in [0.15, 0.2) is 145 Å². The SMILES string of the molecule is O=C(C1=CC=C(B(Oc2cccc3cccnc23)c2ccc(C(=O)c3ccccc3)cc2)CCC1)c1ccccc1. The molecule has 1 aliphatic carbocycles. The van der Waals surface area contributed by atoms with Crippen molar-refractivity contribution < 1.29 is 14.2 Å².